The molecule has 0 aromatic rings. The van der Waals surface area contributed by atoms with Crippen LogP contribution in [0.15, 0.2) is 0 Å². The summed E-state index contributed by atoms with van der Waals surface area (Å²) in [6.07, 6.45) is 0.470. The molecule has 5 nitrogen and oxygen atoms in total. The number of nitrogens with zero attached hydrogens (tertiary/aromatic N) is 1. The summed E-state index contributed by atoms with van der Waals surface area (Å²) in [4.78, 5) is 25.9. The topological polar surface area (TPSA) is 72.6 Å². The van der Waals surface area contributed by atoms with E-state index in [1.807, 2.05) is 0 Å². The number of nitrogens with two attached hydrogens (primary N) is 1. The minimum Gasteiger partial charge on any atom is -0.306 e. The first kappa shape index (κ1) is 7.17. The van der Waals surface area contributed by atoms with Gasteiger partial charge in [0.05, 0.1) is 0 Å². The molecular formula is C5H8N2O3. The van der Waals surface area contributed by atoms with Gasteiger partial charge in [-0.05, 0) is 0 Å². The Balaban J connectivity index is 2.54. The molecule has 1 rings (SSSR count). The van der Waals surface area contributed by atoms with Crippen molar-refractivity contribution in [1.82, 2.24) is 5.06 Å². The van der Waals surface area contributed by atoms with Crippen LogP contribution < -0.4 is 5.73 Å². The van der Waals surface area contributed by atoms with E-state index in [1.54, 1.807) is 0 Å². The fraction of sp³-hybridized carbons (Fsp3) is 0.600. The van der Waals surface area contributed by atoms with Crippen LogP contribution in [0, 0.1) is 0 Å². The van der Waals surface area contributed by atoms with Crippen LogP contribution in [-0.4, -0.2) is 23.6 Å². The molecule has 1 saturated heterocycles. The Bertz CT molecular complexity index is 152. The number of hydroxylamine groups is 2. The SMILES string of the molecule is NCON1C(=O)CCC1=O. The van der Waals surface area contributed by atoms with E-state index in [-0.39, 0.29) is 31.4 Å². The van der Waals surface area contributed by atoms with Crippen molar-refractivity contribution in [1.29, 1.82) is 0 Å². The summed E-state index contributed by atoms with van der Waals surface area (Å²) in [6.45, 7) is -0.141. The van der Waals surface area contributed by atoms with Crippen LogP contribution in [0.4, 0.5) is 0 Å². The van der Waals surface area contributed by atoms with Crippen LogP contribution in [0.3, 0.4) is 0 Å². The number of hydrogen-bond donors (Lipinski definition) is 1. The molecule has 2 N–H and O–H groups in total. The molecule has 0 bridgehead atoms. The maximum atomic E-state index is 10.7. The summed E-state index contributed by atoms with van der Waals surface area (Å²) in [6, 6.07) is 0. The zero-order chi connectivity index (χ0) is 7.56. The van der Waals surface area contributed by atoms with Gasteiger partial charge in [0.25, 0.3) is 11.8 Å². The van der Waals surface area contributed by atoms with Crippen molar-refractivity contribution in [3.8, 4) is 0 Å². The molecule has 0 aliphatic carbocycles. The molecule has 0 radical (unpaired) electrons. The van der Waals surface area contributed by atoms with E-state index in [1.165, 1.54) is 0 Å². The first-order valence-corrected chi connectivity index (χ1v) is 2.94. The van der Waals surface area contributed by atoms with E-state index in [0.29, 0.717) is 0 Å². The number of amides is 2. The third-order valence-corrected chi connectivity index (χ3v) is 1.21. The van der Waals surface area contributed by atoms with E-state index in [4.69, 9.17) is 5.73 Å². The summed E-state index contributed by atoms with van der Waals surface area (Å²) in [5.74, 6) is -0.620. The maximum absolute atomic E-state index is 10.7. The van der Waals surface area contributed by atoms with Gasteiger partial charge < -0.3 is 5.73 Å². The second kappa shape index (κ2) is 2.76. The second-order valence-corrected chi connectivity index (χ2v) is 1.88. The van der Waals surface area contributed by atoms with Crippen molar-refractivity contribution < 1.29 is 14.4 Å². The third kappa shape index (κ3) is 1.14. The minimum absolute atomic E-state index is 0.141. The average molecular weight is 144 g/mol. The Morgan fingerprint density at radius 2 is 1.90 bits per heavy atom. The molecule has 2 amide bonds. The molecule has 0 aromatic carbocycles. The molecule has 1 aliphatic heterocycles. The van der Waals surface area contributed by atoms with Gasteiger partial charge in [-0.1, -0.05) is 0 Å². The summed E-state index contributed by atoms with van der Waals surface area (Å²) in [5, 5.41) is 0.722. The van der Waals surface area contributed by atoms with Gasteiger partial charge in [-0.3, -0.25) is 9.59 Å². The lowest BCUT2D eigenvalue weighted by Crippen LogP contribution is -2.31. The highest BCUT2D eigenvalue weighted by molar-refractivity contribution is 6.00. The van der Waals surface area contributed by atoms with E-state index in [0.717, 1.165) is 5.06 Å². The van der Waals surface area contributed by atoms with Gasteiger partial charge in [-0.2, -0.15) is 5.06 Å². The molecule has 0 unspecified atom stereocenters. The molecule has 10 heavy (non-hydrogen) atoms. The van der Waals surface area contributed by atoms with Crippen molar-refractivity contribution in [2.45, 2.75) is 12.8 Å². The zero-order valence-electron chi connectivity index (χ0n) is 5.37. The molecule has 1 aliphatic rings. The summed E-state index contributed by atoms with van der Waals surface area (Å²) in [7, 11) is 0. The van der Waals surface area contributed by atoms with Gasteiger partial charge in [0, 0.05) is 12.8 Å². The van der Waals surface area contributed by atoms with Crippen molar-refractivity contribution in [3.63, 3.8) is 0 Å². The van der Waals surface area contributed by atoms with Crippen LogP contribution in [-0.2, 0) is 14.4 Å². The van der Waals surface area contributed by atoms with Crippen molar-refractivity contribution in [3.05, 3.63) is 0 Å². The number of hydrogen-bond acceptors (Lipinski definition) is 4. The van der Waals surface area contributed by atoms with E-state index >= 15 is 0 Å². The molecule has 1 heterocycles. The third-order valence-electron chi connectivity index (χ3n) is 1.21. The number of carbonyl (C=O) groups is 2. The van der Waals surface area contributed by atoms with Crippen molar-refractivity contribution in [2.24, 2.45) is 5.73 Å². The molecule has 0 aromatic heterocycles. The maximum Gasteiger partial charge on any atom is 0.254 e. The fourth-order valence-electron chi connectivity index (χ4n) is 0.775. The van der Waals surface area contributed by atoms with Crippen molar-refractivity contribution in [2.75, 3.05) is 6.73 Å². The van der Waals surface area contributed by atoms with Crippen LogP contribution >= 0.6 is 0 Å². The summed E-state index contributed by atoms with van der Waals surface area (Å²) >= 11 is 0. The van der Waals surface area contributed by atoms with Gasteiger partial charge in [-0.25, -0.2) is 4.84 Å². The molecule has 0 saturated carbocycles. The largest absolute Gasteiger partial charge is 0.306 e. The molecular weight excluding hydrogens is 136 g/mol. The highest BCUT2D eigenvalue weighted by atomic mass is 16.7. The van der Waals surface area contributed by atoms with E-state index in [2.05, 4.69) is 4.84 Å². The fourth-order valence-corrected chi connectivity index (χ4v) is 0.775. The monoisotopic (exact) mass is 144 g/mol. The highest BCUT2D eigenvalue weighted by Crippen LogP contribution is 2.10. The lowest BCUT2D eigenvalue weighted by atomic mass is 10.4. The van der Waals surface area contributed by atoms with Crippen LogP contribution in [0.1, 0.15) is 12.8 Å². The first-order valence-electron chi connectivity index (χ1n) is 2.94. The van der Waals surface area contributed by atoms with Crippen molar-refractivity contribution >= 4 is 11.8 Å². The highest BCUT2D eigenvalue weighted by Gasteiger charge is 2.29. The Kier molecular flexibility index (Phi) is 1.98. The molecule has 0 atom stereocenters. The predicted octanol–water partition coefficient (Wildman–Crippen LogP) is -1.02. The Labute approximate surface area is 57.7 Å². The van der Waals surface area contributed by atoms with Gasteiger partial charge >= 0.3 is 0 Å². The molecule has 5 heteroatoms. The van der Waals surface area contributed by atoms with Crippen LogP contribution in [0.5, 0.6) is 0 Å². The lowest BCUT2D eigenvalue weighted by molar-refractivity contribution is -0.186. The Hall–Kier alpha value is -0.940. The first-order chi connectivity index (χ1) is 4.75. The summed E-state index contributed by atoms with van der Waals surface area (Å²) in [5.41, 5.74) is 4.96. The zero-order valence-corrected chi connectivity index (χ0v) is 5.37. The van der Waals surface area contributed by atoms with Gasteiger partial charge in [-0.15, -0.1) is 0 Å². The van der Waals surface area contributed by atoms with Gasteiger partial charge in [0.15, 0.2) is 0 Å². The average Bonchev–Trinajstić information content (AvgIpc) is 2.20. The Morgan fingerprint density at radius 3 is 2.30 bits per heavy atom. The standard InChI is InChI=1S/C5H8N2O3/c6-3-10-7-4(8)1-2-5(7)9/h1-3,6H2. The Morgan fingerprint density at radius 1 is 1.40 bits per heavy atom. The number of imide groups is 1. The molecule has 56 valence electrons. The quantitative estimate of drug-likeness (QED) is 0.398. The van der Waals surface area contributed by atoms with Gasteiger partial charge in [0.1, 0.15) is 6.73 Å². The lowest BCUT2D eigenvalue weighted by Gasteiger charge is -2.09. The molecule has 1 fully saturated rings. The normalized spacial score (nSPS) is 18.7. The van der Waals surface area contributed by atoms with E-state index < -0.39 is 0 Å². The summed E-state index contributed by atoms with van der Waals surface area (Å²) < 4.78 is 0. The smallest absolute Gasteiger partial charge is 0.254 e. The number of carbonyl (C=O) groups excluding carboxylic acids is 2. The second-order valence-electron chi connectivity index (χ2n) is 1.88. The van der Waals surface area contributed by atoms with Crippen LogP contribution in [0.2, 0.25) is 0 Å². The van der Waals surface area contributed by atoms with E-state index in [9.17, 15) is 9.59 Å². The predicted molar refractivity (Wildman–Crippen MR) is 31.2 cm³/mol. The number of rotatable bonds is 2. The molecule has 0 spiro atoms. The van der Waals surface area contributed by atoms with Crippen LogP contribution in [0.25, 0.3) is 0 Å². The minimum atomic E-state index is -0.310. The van der Waals surface area contributed by atoms with Gasteiger partial charge in [0.2, 0.25) is 0 Å².